The molecule has 2 aromatic rings. The summed E-state index contributed by atoms with van der Waals surface area (Å²) >= 11 is 0. The van der Waals surface area contributed by atoms with Gasteiger partial charge in [-0.3, -0.25) is 4.79 Å². The standard InChI is InChI=1S/C21H24N2O7S2/c1-29-18-4-8-19(9-5-18)31(25,26)22-12-10-21(11-13-22)23(14-15-30-21)32(27,28)20-6-2-17(16-24)3-7-20/h2-9,16H,10-15H2,1H3. The maximum atomic E-state index is 13.3. The number of carbonyl (C=O) groups excluding carboxylic acids is 1. The summed E-state index contributed by atoms with van der Waals surface area (Å²) in [5.41, 5.74) is -0.706. The summed E-state index contributed by atoms with van der Waals surface area (Å²) in [4.78, 5) is 11.1. The lowest BCUT2D eigenvalue weighted by Gasteiger charge is -2.42. The van der Waals surface area contributed by atoms with Gasteiger partial charge in [0, 0.05) is 38.0 Å². The van der Waals surface area contributed by atoms with Crippen LogP contribution in [0.4, 0.5) is 0 Å². The molecule has 172 valence electrons. The Morgan fingerprint density at radius 3 is 2.00 bits per heavy atom. The van der Waals surface area contributed by atoms with Gasteiger partial charge in [0.1, 0.15) is 17.8 Å². The lowest BCUT2D eigenvalue weighted by Crippen LogP contribution is -2.55. The third kappa shape index (κ3) is 3.95. The quantitative estimate of drug-likeness (QED) is 0.579. The van der Waals surface area contributed by atoms with Crippen molar-refractivity contribution in [1.82, 2.24) is 8.61 Å². The predicted molar refractivity (Wildman–Crippen MR) is 115 cm³/mol. The fourth-order valence-corrected chi connectivity index (χ4v) is 7.31. The lowest BCUT2D eigenvalue weighted by atomic mass is 10.0. The number of hydrogen-bond acceptors (Lipinski definition) is 7. The second kappa shape index (κ2) is 8.56. The number of aldehydes is 1. The summed E-state index contributed by atoms with van der Waals surface area (Å²) in [6.07, 6.45) is 1.08. The molecule has 1 spiro atoms. The largest absolute Gasteiger partial charge is 0.497 e. The number of ether oxygens (including phenoxy) is 2. The Morgan fingerprint density at radius 2 is 1.44 bits per heavy atom. The highest BCUT2D eigenvalue weighted by Crippen LogP contribution is 2.39. The second-order valence-electron chi connectivity index (χ2n) is 7.64. The topological polar surface area (TPSA) is 110 Å². The minimum Gasteiger partial charge on any atom is -0.497 e. The van der Waals surface area contributed by atoms with Gasteiger partial charge < -0.3 is 9.47 Å². The summed E-state index contributed by atoms with van der Waals surface area (Å²) in [5, 5.41) is 0. The third-order valence-corrected chi connectivity index (χ3v) is 9.80. The fourth-order valence-electron chi connectivity index (χ4n) is 4.15. The molecule has 2 aliphatic heterocycles. The molecule has 0 aliphatic carbocycles. The second-order valence-corrected chi connectivity index (χ2v) is 11.4. The number of rotatable bonds is 6. The molecule has 11 heteroatoms. The van der Waals surface area contributed by atoms with Crippen molar-refractivity contribution in [2.24, 2.45) is 0 Å². The summed E-state index contributed by atoms with van der Waals surface area (Å²) in [6, 6.07) is 11.9. The van der Waals surface area contributed by atoms with Gasteiger partial charge in [0.25, 0.3) is 0 Å². The van der Waals surface area contributed by atoms with Crippen LogP contribution in [0.1, 0.15) is 23.2 Å². The normalized spacial score (nSPS) is 19.8. The van der Waals surface area contributed by atoms with Crippen LogP contribution in [0.15, 0.2) is 58.3 Å². The van der Waals surface area contributed by atoms with E-state index in [0.29, 0.717) is 17.6 Å². The van der Waals surface area contributed by atoms with Gasteiger partial charge in [-0.1, -0.05) is 12.1 Å². The number of benzene rings is 2. The number of sulfonamides is 2. The first-order valence-corrected chi connectivity index (χ1v) is 13.0. The Morgan fingerprint density at radius 1 is 0.875 bits per heavy atom. The van der Waals surface area contributed by atoms with Crippen LogP contribution in [0.5, 0.6) is 5.75 Å². The molecule has 2 fully saturated rings. The van der Waals surface area contributed by atoms with Gasteiger partial charge in [0.2, 0.25) is 20.0 Å². The van der Waals surface area contributed by atoms with Gasteiger partial charge in [-0.2, -0.15) is 8.61 Å². The highest BCUT2D eigenvalue weighted by atomic mass is 32.2. The van der Waals surface area contributed by atoms with Gasteiger partial charge in [-0.05, 0) is 36.4 Å². The zero-order chi connectivity index (χ0) is 23.0. The van der Waals surface area contributed by atoms with Crippen molar-refractivity contribution in [2.75, 3.05) is 33.4 Å². The van der Waals surface area contributed by atoms with Gasteiger partial charge >= 0.3 is 0 Å². The number of carbonyl (C=O) groups is 1. The number of hydrogen-bond donors (Lipinski definition) is 0. The van der Waals surface area contributed by atoms with Crippen molar-refractivity contribution >= 4 is 26.3 Å². The van der Waals surface area contributed by atoms with Gasteiger partial charge in [-0.15, -0.1) is 0 Å². The van der Waals surface area contributed by atoms with Crippen LogP contribution in [0.3, 0.4) is 0 Å². The zero-order valence-corrected chi connectivity index (χ0v) is 19.1. The van der Waals surface area contributed by atoms with Crippen molar-refractivity contribution < 1.29 is 31.1 Å². The lowest BCUT2D eigenvalue weighted by molar-refractivity contribution is -0.0806. The Hall–Kier alpha value is -2.31. The van der Waals surface area contributed by atoms with Crippen LogP contribution < -0.4 is 4.74 Å². The van der Waals surface area contributed by atoms with Crippen molar-refractivity contribution in [3.8, 4) is 5.75 Å². The molecule has 2 aliphatic rings. The minimum absolute atomic E-state index is 0.0706. The van der Waals surface area contributed by atoms with Crippen molar-refractivity contribution in [3.63, 3.8) is 0 Å². The number of nitrogens with zero attached hydrogens (tertiary/aromatic N) is 2. The summed E-state index contributed by atoms with van der Waals surface area (Å²) < 4.78 is 66.3. The zero-order valence-electron chi connectivity index (χ0n) is 17.5. The average molecular weight is 481 g/mol. The van der Waals surface area contributed by atoms with E-state index < -0.39 is 25.8 Å². The van der Waals surface area contributed by atoms with Gasteiger partial charge in [0.15, 0.2) is 0 Å². The number of methoxy groups -OCH3 is 1. The molecule has 0 saturated carbocycles. The van der Waals surface area contributed by atoms with E-state index in [-0.39, 0.29) is 48.9 Å². The van der Waals surface area contributed by atoms with Crippen molar-refractivity contribution in [2.45, 2.75) is 28.4 Å². The summed E-state index contributed by atoms with van der Waals surface area (Å²) in [7, 11) is -6.09. The van der Waals surface area contributed by atoms with Crippen LogP contribution >= 0.6 is 0 Å². The van der Waals surface area contributed by atoms with E-state index >= 15 is 0 Å². The van der Waals surface area contributed by atoms with E-state index in [1.165, 1.54) is 52.1 Å². The fraction of sp³-hybridized carbons (Fsp3) is 0.381. The monoisotopic (exact) mass is 480 g/mol. The molecular weight excluding hydrogens is 456 g/mol. The molecule has 0 N–H and O–H groups in total. The Labute approximate surface area is 187 Å². The first-order chi connectivity index (χ1) is 15.2. The molecule has 32 heavy (non-hydrogen) atoms. The maximum Gasteiger partial charge on any atom is 0.245 e. The molecule has 0 aromatic heterocycles. The van der Waals surface area contributed by atoms with E-state index in [4.69, 9.17) is 9.47 Å². The molecule has 2 heterocycles. The molecular formula is C21H24N2O7S2. The van der Waals surface area contributed by atoms with E-state index in [9.17, 15) is 21.6 Å². The van der Waals surface area contributed by atoms with Gasteiger partial charge in [-0.25, -0.2) is 16.8 Å². The van der Waals surface area contributed by atoms with Crippen molar-refractivity contribution in [3.05, 3.63) is 54.1 Å². The predicted octanol–water partition coefficient (Wildman–Crippen LogP) is 1.71. The van der Waals surface area contributed by atoms with E-state index in [1.54, 1.807) is 12.1 Å². The van der Waals surface area contributed by atoms with E-state index in [1.807, 2.05) is 0 Å². The van der Waals surface area contributed by atoms with Gasteiger partial charge in [0.05, 0.1) is 23.5 Å². The smallest absolute Gasteiger partial charge is 0.245 e. The SMILES string of the molecule is COc1ccc(S(=O)(=O)N2CCC3(CC2)OCCN3S(=O)(=O)c2ccc(C=O)cc2)cc1. The summed E-state index contributed by atoms with van der Waals surface area (Å²) in [6.45, 7) is 0.675. The minimum atomic E-state index is -3.87. The Balaban J connectivity index is 1.53. The first kappa shape index (κ1) is 22.9. The highest BCUT2D eigenvalue weighted by molar-refractivity contribution is 7.89. The van der Waals surface area contributed by atoms with Crippen LogP contribution in [0.2, 0.25) is 0 Å². The molecule has 0 amide bonds. The average Bonchev–Trinajstić information content (AvgIpc) is 3.23. The van der Waals surface area contributed by atoms with Crippen LogP contribution in [-0.2, 0) is 24.8 Å². The molecule has 4 rings (SSSR count). The highest BCUT2D eigenvalue weighted by Gasteiger charge is 2.51. The van der Waals surface area contributed by atoms with E-state index in [0.717, 1.165) is 0 Å². The molecule has 0 atom stereocenters. The molecule has 2 saturated heterocycles. The molecule has 9 nitrogen and oxygen atoms in total. The molecule has 0 bridgehead atoms. The Kier molecular flexibility index (Phi) is 6.12. The van der Waals surface area contributed by atoms with E-state index in [2.05, 4.69) is 0 Å². The van der Waals surface area contributed by atoms with Crippen LogP contribution in [0.25, 0.3) is 0 Å². The van der Waals surface area contributed by atoms with Crippen molar-refractivity contribution in [1.29, 1.82) is 0 Å². The molecule has 2 aromatic carbocycles. The third-order valence-electron chi connectivity index (χ3n) is 5.92. The Bertz CT molecular complexity index is 1190. The van der Waals surface area contributed by atoms with Crippen LogP contribution in [-0.4, -0.2) is 70.8 Å². The first-order valence-electron chi connectivity index (χ1n) is 10.1. The number of piperidine rings is 1. The molecule has 0 radical (unpaired) electrons. The maximum absolute atomic E-state index is 13.3. The molecule has 0 unspecified atom stereocenters. The van der Waals surface area contributed by atoms with Crippen LogP contribution in [0, 0.1) is 0 Å². The summed E-state index contributed by atoms with van der Waals surface area (Å²) in [5.74, 6) is 0.558.